The quantitative estimate of drug-likeness (QED) is 0.137. The fourth-order valence-corrected chi connectivity index (χ4v) is 5.91. The lowest BCUT2D eigenvalue weighted by Crippen LogP contribution is -2.23. The van der Waals surface area contributed by atoms with Crippen molar-refractivity contribution in [2.24, 2.45) is 4.99 Å². The van der Waals surface area contributed by atoms with E-state index < -0.39 is 4.92 Å². The number of fused-ring (bicyclic) bond motifs is 1. The zero-order valence-electron chi connectivity index (χ0n) is 18.8. The lowest BCUT2D eigenvalue weighted by atomic mass is 9.95. The maximum Gasteiger partial charge on any atom is 0.285 e. The molecule has 8 nitrogen and oxygen atoms in total. The summed E-state index contributed by atoms with van der Waals surface area (Å²) in [6.07, 6.45) is 7.03. The number of aliphatic imine (C=N–C) groups is 1. The van der Waals surface area contributed by atoms with Crippen molar-refractivity contribution in [2.45, 2.75) is 32.2 Å². The van der Waals surface area contributed by atoms with Gasteiger partial charge in [0.05, 0.1) is 34.5 Å². The van der Waals surface area contributed by atoms with Crippen LogP contribution in [0.2, 0.25) is 5.02 Å². The van der Waals surface area contributed by atoms with Gasteiger partial charge in [0, 0.05) is 16.5 Å². The second kappa shape index (κ2) is 10.4. The molecule has 0 aliphatic heterocycles. The Hall–Kier alpha value is -3.21. The molecule has 0 saturated heterocycles. The molecule has 3 heterocycles. The molecule has 1 aromatic carbocycles. The third-order valence-electron chi connectivity index (χ3n) is 5.81. The molecule has 1 N–H and O–H groups in total. The molecule has 0 atom stereocenters. The summed E-state index contributed by atoms with van der Waals surface area (Å²) in [6, 6.07) is 9.98. The number of rotatable bonds is 7. The molecule has 0 bridgehead atoms. The highest BCUT2D eigenvalue weighted by Gasteiger charge is 2.25. The third kappa shape index (κ3) is 5.02. The molecule has 0 fully saturated rings. The van der Waals surface area contributed by atoms with E-state index in [1.54, 1.807) is 36.7 Å². The van der Waals surface area contributed by atoms with Gasteiger partial charge < -0.3 is 14.2 Å². The molecule has 5 rings (SSSR count). The molecule has 184 valence electrons. The number of nitrogens with one attached hydrogen (secondary N) is 1. The molecule has 4 aromatic rings. The minimum absolute atomic E-state index is 0.154. The largest absolute Gasteiger partial charge is 0.467 e. The van der Waals surface area contributed by atoms with Gasteiger partial charge in [0.25, 0.3) is 11.6 Å². The highest BCUT2D eigenvalue weighted by molar-refractivity contribution is 9.10. The van der Waals surface area contributed by atoms with Gasteiger partial charge in [0.1, 0.15) is 26.8 Å². The Kier molecular flexibility index (Phi) is 7.08. The lowest BCUT2D eigenvalue weighted by molar-refractivity contribution is -0.385. The number of furan rings is 2. The predicted molar refractivity (Wildman–Crippen MR) is 142 cm³/mol. The highest BCUT2D eigenvalue weighted by atomic mass is 79.9. The Bertz CT molecular complexity index is 1480. The van der Waals surface area contributed by atoms with Crippen molar-refractivity contribution >= 4 is 61.7 Å². The summed E-state index contributed by atoms with van der Waals surface area (Å²) in [5.74, 6) is 1.35. The summed E-state index contributed by atoms with van der Waals surface area (Å²) in [4.78, 5) is 29.7. The first-order chi connectivity index (χ1) is 17.4. The maximum absolute atomic E-state index is 13.1. The smallest absolute Gasteiger partial charge is 0.285 e. The Morgan fingerprint density at radius 2 is 2.11 bits per heavy atom. The first-order valence-electron chi connectivity index (χ1n) is 11.1. The molecular formula is C25H19BrClN3O5S. The van der Waals surface area contributed by atoms with Crippen LogP contribution in [0.5, 0.6) is 0 Å². The van der Waals surface area contributed by atoms with E-state index in [1.165, 1.54) is 22.3 Å². The second-order valence-corrected chi connectivity index (χ2v) is 10.4. The Balaban J connectivity index is 1.41. The van der Waals surface area contributed by atoms with Crippen molar-refractivity contribution in [3.8, 4) is 11.3 Å². The zero-order valence-corrected chi connectivity index (χ0v) is 21.9. The van der Waals surface area contributed by atoms with E-state index in [4.69, 9.17) is 20.4 Å². The standard InChI is InChI=1S/C25H19BrClN3O5S/c26-23-18(27)10-14(11-19(23)30(32)33)20-8-7-16(35-20)13-29-25-22(17-5-1-2-6-21(17)36-25)24(31)28-12-15-4-3-9-34-15/h3-4,7-11,13H,1-2,5-6,12H2,(H,28,31). The average molecular weight is 589 g/mol. The Morgan fingerprint density at radius 3 is 2.89 bits per heavy atom. The molecule has 1 aliphatic carbocycles. The predicted octanol–water partition coefficient (Wildman–Crippen LogP) is 7.48. The van der Waals surface area contributed by atoms with Crippen molar-refractivity contribution in [2.75, 3.05) is 0 Å². The SMILES string of the molecule is O=C(NCc1ccco1)c1c(N=Cc2ccc(-c3cc(Cl)c(Br)c([N+](=O)[O-])c3)o2)sc2c1CCCC2. The number of amides is 1. The second-order valence-electron chi connectivity index (χ2n) is 8.16. The monoisotopic (exact) mass is 587 g/mol. The number of nitro groups is 1. The Labute approximate surface area is 223 Å². The van der Waals surface area contributed by atoms with E-state index in [1.807, 2.05) is 6.07 Å². The molecule has 3 aromatic heterocycles. The summed E-state index contributed by atoms with van der Waals surface area (Å²) in [7, 11) is 0. The van der Waals surface area contributed by atoms with Crippen LogP contribution >= 0.6 is 38.9 Å². The number of benzene rings is 1. The molecule has 0 saturated carbocycles. The van der Waals surface area contributed by atoms with Crippen molar-refractivity contribution in [3.63, 3.8) is 0 Å². The molecule has 36 heavy (non-hydrogen) atoms. The van der Waals surface area contributed by atoms with Gasteiger partial charge in [0.15, 0.2) is 0 Å². The van der Waals surface area contributed by atoms with Gasteiger partial charge in [-0.25, -0.2) is 4.99 Å². The van der Waals surface area contributed by atoms with Gasteiger partial charge in [-0.05, 0) is 77.5 Å². The van der Waals surface area contributed by atoms with Gasteiger partial charge in [0.2, 0.25) is 0 Å². The fourth-order valence-electron chi connectivity index (χ4n) is 4.09. The average Bonchev–Trinajstić information content (AvgIpc) is 3.62. The molecule has 0 unspecified atom stereocenters. The number of thiophene rings is 1. The summed E-state index contributed by atoms with van der Waals surface area (Å²) in [5, 5.41) is 15.1. The minimum Gasteiger partial charge on any atom is -0.467 e. The van der Waals surface area contributed by atoms with Crippen molar-refractivity contribution in [3.05, 3.63) is 89.8 Å². The number of hydrogen-bond acceptors (Lipinski definition) is 7. The van der Waals surface area contributed by atoms with Crippen LogP contribution in [0, 0.1) is 10.1 Å². The van der Waals surface area contributed by atoms with Crippen LogP contribution in [0.1, 0.15) is 45.2 Å². The summed E-state index contributed by atoms with van der Waals surface area (Å²) in [5.41, 5.74) is 1.98. The van der Waals surface area contributed by atoms with Crippen LogP contribution in [0.3, 0.4) is 0 Å². The topological polar surface area (TPSA) is 111 Å². The first kappa shape index (κ1) is 24.5. The van der Waals surface area contributed by atoms with E-state index in [-0.39, 0.29) is 21.1 Å². The van der Waals surface area contributed by atoms with Crippen LogP contribution in [0.15, 0.2) is 61.0 Å². The van der Waals surface area contributed by atoms with Gasteiger partial charge in [-0.1, -0.05) is 11.6 Å². The lowest BCUT2D eigenvalue weighted by Gasteiger charge is -2.12. The third-order valence-corrected chi connectivity index (χ3v) is 8.37. The van der Waals surface area contributed by atoms with Crippen molar-refractivity contribution < 1.29 is 18.6 Å². The number of carbonyl (C=O) groups is 1. The first-order valence-corrected chi connectivity index (χ1v) is 13.1. The summed E-state index contributed by atoms with van der Waals surface area (Å²) < 4.78 is 11.4. The van der Waals surface area contributed by atoms with E-state index in [0.717, 1.165) is 31.2 Å². The van der Waals surface area contributed by atoms with E-state index in [0.29, 0.717) is 40.0 Å². The van der Waals surface area contributed by atoms with Crippen LogP contribution in [-0.2, 0) is 19.4 Å². The van der Waals surface area contributed by atoms with Gasteiger partial charge in [-0.15, -0.1) is 11.3 Å². The molecule has 0 spiro atoms. The fraction of sp³-hybridized carbons (Fsp3) is 0.200. The van der Waals surface area contributed by atoms with Gasteiger partial charge >= 0.3 is 0 Å². The molecule has 1 amide bonds. The molecule has 0 radical (unpaired) electrons. The number of halogens is 2. The van der Waals surface area contributed by atoms with Crippen LogP contribution < -0.4 is 5.32 Å². The molecular weight excluding hydrogens is 570 g/mol. The summed E-state index contributed by atoms with van der Waals surface area (Å²) >= 11 is 10.8. The molecule has 11 heteroatoms. The van der Waals surface area contributed by atoms with E-state index in [2.05, 4.69) is 26.2 Å². The number of hydrogen-bond donors (Lipinski definition) is 1. The number of aryl methyl sites for hydroxylation is 1. The van der Waals surface area contributed by atoms with E-state index >= 15 is 0 Å². The normalized spacial score (nSPS) is 13.2. The van der Waals surface area contributed by atoms with Crippen LogP contribution in [0.4, 0.5) is 10.7 Å². The maximum atomic E-state index is 13.1. The number of carbonyl (C=O) groups excluding carboxylic acids is 1. The number of nitro benzene ring substituents is 1. The molecule has 1 aliphatic rings. The van der Waals surface area contributed by atoms with Gasteiger partial charge in [-0.3, -0.25) is 14.9 Å². The highest BCUT2D eigenvalue weighted by Crippen LogP contribution is 2.40. The minimum atomic E-state index is -0.512. The van der Waals surface area contributed by atoms with Gasteiger partial charge in [-0.2, -0.15) is 0 Å². The zero-order chi connectivity index (χ0) is 25.2. The van der Waals surface area contributed by atoms with E-state index in [9.17, 15) is 14.9 Å². The van der Waals surface area contributed by atoms with Crippen LogP contribution in [-0.4, -0.2) is 17.0 Å². The van der Waals surface area contributed by atoms with Crippen molar-refractivity contribution in [1.29, 1.82) is 0 Å². The van der Waals surface area contributed by atoms with Crippen molar-refractivity contribution in [1.82, 2.24) is 5.32 Å². The van der Waals surface area contributed by atoms with Crippen LogP contribution in [0.25, 0.3) is 11.3 Å². The summed E-state index contributed by atoms with van der Waals surface area (Å²) in [6.45, 7) is 0.295. The number of nitrogens with zero attached hydrogens (tertiary/aromatic N) is 2. The Morgan fingerprint density at radius 1 is 1.28 bits per heavy atom.